The summed E-state index contributed by atoms with van der Waals surface area (Å²) in [5, 5.41) is 13.4. The molecule has 4 rings (SSSR count). The summed E-state index contributed by atoms with van der Waals surface area (Å²) in [4.78, 5) is 33.7. The van der Waals surface area contributed by atoms with Crippen molar-refractivity contribution in [1.82, 2.24) is 4.98 Å². The van der Waals surface area contributed by atoms with E-state index in [2.05, 4.69) is 4.98 Å². The zero-order chi connectivity index (χ0) is 21.4. The molecule has 0 spiro atoms. The second kappa shape index (κ2) is 8.04. The average Bonchev–Trinajstić information content (AvgIpc) is 3.43. The number of carbonyl (C=O) groups is 2. The number of carbonyl (C=O) groups excluding carboxylic acids is 2. The van der Waals surface area contributed by atoms with Crippen LogP contribution in [0.5, 0.6) is 5.75 Å². The van der Waals surface area contributed by atoms with E-state index in [9.17, 15) is 14.7 Å². The van der Waals surface area contributed by atoms with Gasteiger partial charge in [-0.1, -0.05) is 6.07 Å². The minimum absolute atomic E-state index is 0.0668. The zero-order valence-electron chi connectivity index (χ0n) is 16.7. The van der Waals surface area contributed by atoms with Crippen molar-refractivity contribution in [3.05, 3.63) is 68.4 Å². The minimum atomic E-state index is -0.721. The van der Waals surface area contributed by atoms with Crippen LogP contribution in [0.4, 0.5) is 5.13 Å². The lowest BCUT2D eigenvalue weighted by molar-refractivity contribution is -0.132. The Labute approximate surface area is 182 Å². The summed E-state index contributed by atoms with van der Waals surface area (Å²) in [5.41, 5.74) is 1.33. The number of thiazole rings is 1. The maximum Gasteiger partial charge on any atom is 0.301 e. The summed E-state index contributed by atoms with van der Waals surface area (Å²) in [6.45, 7) is 6.21. The van der Waals surface area contributed by atoms with Crippen molar-refractivity contribution >= 4 is 45.3 Å². The van der Waals surface area contributed by atoms with E-state index in [1.165, 1.54) is 27.6 Å². The summed E-state index contributed by atoms with van der Waals surface area (Å²) in [6.07, 6.45) is 0. The highest BCUT2D eigenvalue weighted by Crippen LogP contribution is 2.44. The van der Waals surface area contributed by atoms with Gasteiger partial charge in [0.2, 0.25) is 0 Å². The van der Waals surface area contributed by atoms with Gasteiger partial charge in [0.1, 0.15) is 17.6 Å². The second-order valence-electron chi connectivity index (χ2n) is 6.78. The van der Waals surface area contributed by atoms with Crippen LogP contribution in [0.2, 0.25) is 0 Å². The Morgan fingerprint density at radius 3 is 2.50 bits per heavy atom. The van der Waals surface area contributed by atoms with Crippen molar-refractivity contribution in [2.75, 3.05) is 11.5 Å². The van der Waals surface area contributed by atoms with Crippen LogP contribution < -0.4 is 9.64 Å². The number of aliphatic hydroxyl groups is 1. The van der Waals surface area contributed by atoms with E-state index in [4.69, 9.17) is 4.74 Å². The highest BCUT2D eigenvalue weighted by molar-refractivity contribution is 7.16. The maximum absolute atomic E-state index is 13.0. The number of aromatic nitrogens is 1. The van der Waals surface area contributed by atoms with Gasteiger partial charge in [-0.25, -0.2) is 4.98 Å². The number of aryl methyl sites for hydroxylation is 2. The molecule has 6 nitrogen and oxygen atoms in total. The lowest BCUT2D eigenvalue weighted by atomic mass is 10.00. The molecule has 1 saturated heterocycles. The van der Waals surface area contributed by atoms with Crippen LogP contribution >= 0.6 is 22.7 Å². The largest absolute Gasteiger partial charge is 0.507 e. The fourth-order valence-electron chi connectivity index (χ4n) is 3.34. The second-order valence-corrected chi connectivity index (χ2v) is 8.94. The van der Waals surface area contributed by atoms with Gasteiger partial charge in [0.15, 0.2) is 5.13 Å². The van der Waals surface area contributed by atoms with Crippen LogP contribution in [0.25, 0.3) is 5.76 Å². The minimum Gasteiger partial charge on any atom is -0.507 e. The summed E-state index contributed by atoms with van der Waals surface area (Å²) in [7, 11) is 0. The normalized spacial score (nSPS) is 18.2. The number of hydrogen-bond acceptors (Lipinski definition) is 7. The summed E-state index contributed by atoms with van der Waals surface area (Å²) in [5.74, 6) is -0.944. The van der Waals surface area contributed by atoms with Gasteiger partial charge in [0.05, 0.1) is 17.9 Å². The van der Waals surface area contributed by atoms with Crippen molar-refractivity contribution < 1.29 is 19.4 Å². The number of benzene rings is 1. The first-order valence-electron chi connectivity index (χ1n) is 9.44. The molecular formula is C22H20N2O4S2. The summed E-state index contributed by atoms with van der Waals surface area (Å²) >= 11 is 2.79. The van der Waals surface area contributed by atoms with E-state index in [-0.39, 0.29) is 11.3 Å². The number of ketones is 1. The molecule has 1 aliphatic rings. The van der Waals surface area contributed by atoms with Crippen LogP contribution in [0.1, 0.15) is 34.0 Å². The van der Waals surface area contributed by atoms with Crippen molar-refractivity contribution in [2.45, 2.75) is 26.8 Å². The Hall–Kier alpha value is -2.97. The van der Waals surface area contributed by atoms with Gasteiger partial charge in [-0.05, 0) is 56.5 Å². The maximum atomic E-state index is 13.0. The molecule has 0 aliphatic carbocycles. The number of ether oxygens (including phenoxy) is 1. The number of thiophene rings is 1. The van der Waals surface area contributed by atoms with Crippen LogP contribution in [-0.4, -0.2) is 28.4 Å². The lowest BCUT2D eigenvalue weighted by Gasteiger charge is -2.21. The molecule has 3 heterocycles. The molecule has 1 N–H and O–H groups in total. The molecule has 1 fully saturated rings. The van der Waals surface area contributed by atoms with Gasteiger partial charge in [0.25, 0.3) is 5.78 Å². The fourth-order valence-corrected chi connectivity index (χ4v) is 5.10. The quantitative estimate of drug-likeness (QED) is 0.349. The van der Waals surface area contributed by atoms with Gasteiger partial charge < -0.3 is 9.84 Å². The lowest BCUT2D eigenvalue weighted by Crippen LogP contribution is -2.29. The van der Waals surface area contributed by atoms with Crippen molar-refractivity contribution in [1.29, 1.82) is 0 Å². The van der Waals surface area contributed by atoms with Gasteiger partial charge in [-0.15, -0.1) is 22.7 Å². The van der Waals surface area contributed by atoms with E-state index >= 15 is 0 Å². The molecular weight excluding hydrogens is 420 g/mol. The number of rotatable bonds is 5. The molecule has 154 valence electrons. The van der Waals surface area contributed by atoms with E-state index in [0.717, 1.165) is 15.4 Å². The molecule has 0 radical (unpaired) electrons. The van der Waals surface area contributed by atoms with Crippen molar-refractivity contribution in [2.24, 2.45) is 0 Å². The highest BCUT2D eigenvalue weighted by atomic mass is 32.1. The van der Waals surface area contributed by atoms with Gasteiger partial charge in [0, 0.05) is 15.3 Å². The van der Waals surface area contributed by atoms with Gasteiger partial charge in [-0.3, -0.25) is 14.5 Å². The monoisotopic (exact) mass is 440 g/mol. The SMILES string of the molecule is CCOc1ccc(C(O)=C2C(=O)C(=O)N(c3nc(C)c(C)s3)[C@@H]2c2cccs2)cc1. The first-order chi connectivity index (χ1) is 14.4. The predicted octanol–water partition coefficient (Wildman–Crippen LogP) is 4.85. The third-order valence-corrected chi connectivity index (χ3v) is 6.92. The molecule has 1 aromatic carbocycles. The average molecular weight is 441 g/mol. The van der Waals surface area contributed by atoms with Crippen molar-refractivity contribution in [3.8, 4) is 5.75 Å². The van der Waals surface area contributed by atoms with Crippen LogP contribution in [0.15, 0.2) is 47.4 Å². The molecule has 1 aliphatic heterocycles. The van der Waals surface area contributed by atoms with E-state index in [1.54, 1.807) is 24.3 Å². The number of Topliss-reactive ketones (excluding diaryl/α,β-unsaturated/α-hetero) is 1. The number of nitrogens with zero attached hydrogens (tertiary/aromatic N) is 2. The van der Waals surface area contributed by atoms with Crippen LogP contribution in [0, 0.1) is 13.8 Å². The van der Waals surface area contributed by atoms with Gasteiger partial charge >= 0.3 is 5.91 Å². The van der Waals surface area contributed by atoms with Crippen molar-refractivity contribution in [3.63, 3.8) is 0 Å². The molecule has 0 saturated carbocycles. The Morgan fingerprint density at radius 2 is 1.93 bits per heavy atom. The molecule has 0 unspecified atom stereocenters. The summed E-state index contributed by atoms with van der Waals surface area (Å²) < 4.78 is 5.44. The number of anilines is 1. The fraction of sp³-hybridized carbons (Fsp3) is 0.227. The molecule has 8 heteroatoms. The molecule has 1 amide bonds. The van der Waals surface area contributed by atoms with Crippen LogP contribution in [0.3, 0.4) is 0 Å². The molecule has 3 aromatic rings. The van der Waals surface area contributed by atoms with E-state index < -0.39 is 17.7 Å². The first kappa shape index (κ1) is 20.3. The smallest absolute Gasteiger partial charge is 0.301 e. The van der Waals surface area contributed by atoms with Crippen LogP contribution in [-0.2, 0) is 9.59 Å². The third-order valence-electron chi connectivity index (χ3n) is 4.92. The third kappa shape index (κ3) is 3.42. The van der Waals surface area contributed by atoms with E-state index in [0.29, 0.717) is 23.1 Å². The molecule has 1 atom stereocenters. The Balaban J connectivity index is 1.86. The van der Waals surface area contributed by atoms with E-state index in [1.807, 2.05) is 38.3 Å². The molecule has 0 bridgehead atoms. The Morgan fingerprint density at radius 1 is 1.20 bits per heavy atom. The highest BCUT2D eigenvalue weighted by Gasteiger charge is 2.48. The standard InChI is InChI=1S/C22H20N2O4S2/c1-4-28-15-9-7-14(8-10-15)19(25)17-18(16-6-5-11-29-16)24(21(27)20(17)26)22-23-12(2)13(3)30-22/h5-11,18,25H,4H2,1-3H3/t18-/m1/s1. The Bertz CT molecular complexity index is 1110. The first-order valence-corrected chi connectivity index (χ1v) is 11.1. The number of amides is 1. The zero-order valence-corrected chi connectivity index (χ0v) is 18.3. The molecule has 2 aromatic heterocycles. The Kier molecular flexibility index (Phi) is 5.44. The van der Waals surface area contributed by atoms with Gasteiger partial charge in [-0.2, -0.15) is 0 Å². The number of hydrogen-bond donors (Lipinski definition) is 1. The predicted molar refractivity (Wildman–Crippen MR) is 118 cm³/mol. The number of aliphatic hydroxyl groups excluding tert-OH is 1. The summed E-state index contributed by atoms with van der Waals surface area (Å²) in [6, 6.07) is 9.79. The molecule has 30 heavy (non-hydrogen) atoms. The topological polar surface area (TPSA) is 79.7 Å².